The topological polar surface area (TPSA) is 86.8 Å². The molecule has 0 bridgehead atoms. The molecule has 0 heterocycles. The van der Waals surface area contributed by atoms with Crippen molar-refractivity contribution in [3.8, 4) is 0 Å². The first kappa shape index (κ1) is 25.7. The number of nitrogens with zero attached hydrogens (tertiary/aromatic N) is 2. The standard InChI is InChI=1S/C23H30ClN3O4S/c1-4-25-23(29)18(2)26(17-19-11-8-9-14-21(19)24)22(28)15-10-16-27(32(3,30)31)20-12-6-5-7-13-20/h5-9,11-14,18H,4,10,15-17H2,1-3H3,(H,25,29). The minimum absolute atomic E-state index is 0.0903. The van der Waals surface area contributed by atoms with E-state index in [9.17, 15) is 18.0 Å². The predicted molar refractivity (Wildman–Crippen MR) is 128 cm³/mol. The van der Waals surface area contributed by atoms with Gasteiger partial charge in [0, 0.05) is 31.1 Å². The molecule has 1 unspecified atom stereocenters. The molecule has 1 N–H and O–H groups in total. The fraction of sp³-hybridized carbons (Fsp3) is 0.391. The van der Waals surface area contributed by atoms with E-state index in [0.29, 0.717) is 23.7 Å². The summed E-state index contributed by atoms with van der Waals surface area (Å²) in [6, 6.07) is 15.2. The van der Waals surface area contributed by atoms with Gasteiger partial charge in [0.05, 0.1) is 11.9 Å². The molecule has 0 aliphatic carbocycles. The third kappa shape index (κ3) is 7.24. The predicted octanol–water partition coefficient (Wildman–Crippen LogP) is 3.44. The lowest BCUT2D eigenvalue weighted by Gasteiger charge is -2.29. The van der Waals surface area contributed by atoms with Crippen LogP contribution in [0.3, 0.4) is 0 Å². The van der Waals surface area contributed by atoms with Gasteiger partial charge >= 0.3 is 0 Å². The summed E-state index contributed by atoms with van der Waals surface area (Å²) in [5.41, 5.74) is 1.28. The maximum atomic E-state index is 13.1. The average molecular weight is 480 g/mol. The van der Waals surface area contributed by atoms with Gasteiger partial charge in [-0.05, 0) is 44.0 Å². The van der Waals surface area contributed by atoms with E-state index in [0.717, 1.165) is 11.8 Å². The van der Waals surface area contributed by atoms with Crippen molar-refractivity contribution in [2.24, 2.45) is 0 Å². The maximum absolute atomic E-state index is 13.1. The Hall–Kier alpha value is -2.58. The van der Waals surface area contributed by atoms with Crippen LogP contribution in [0.5, 0.6) is 0 Å². The monoisotopic (exact) mass is 479 g/mol. The van der Waals surface area contributed by atoms with E-state index in [-0.39, 0.29) is 31.3 Å². The number of para-hydroxylation sites is 1. The summed E-state index contributed by atoms with van der Waals surface area (Å²) >= 11 is 6.27. The number of sulfonamides is 1. The van der Waals surface area contributed by atoms with Crippen LogP contribution in [-0.4, -0.2) is 50.5 Å². The molecule has 174 valence electrons. The Morgan fingerprint density at radius 2 is 1.69 bits per heavy atom. The number of anilines is 1. The van der Waals surface area contributed by atoms with Gasteiger partial charge in [-0.25, -0.2) is 8.42 Å². The second-order valence-corrected chi connectivity index (χ2v) is 9.77. The molecule has 0 spiro atoms. The Balaban J connectivity index is 2.14. The van der Waals surface area contributed by atoms with E-state index in [1.54, 1.807) is 43.3 Å². The van der Waals surface area contributed by atoms with Crippen LogP contribution in [0, 0.1) is 0 Å². The van der Waals surface area contributed by atoms with E-state index < -0.39 is 16.1 Å². The van der Waals surface area contributed by atoms with Gasteiger partial charge in [-0.3, -0.25) is 13.9 Å². The molecule has 0 saturated heterocycles. The maximum Gasteiger partial charge on any atom is 0.242 e. The number of halogens is 1. The molecule has 2 aromatic carbocycles. The molecule has 0 saturated carbocycles. The molecule has 2 rings (SSSR count). The highest BCUT2D eigenvalue weighted by Gasteiger charge is 2.26. The first-order valence-corrected chi connectivity index (χ1v) is 12.7. The van der Waals surface area contributed by atoms with Gasteiger partial charge in [0.25, 0.3) is 0 Å². The third-order valence-electron chi connectivity index (χ3n) is 5.01. The fourth-order valence-corrected chi connectivity index (χ4v) is 4.47. The second-order valence-electron chi connectivity index (χ2n) is 7.46. The molecule has 2 amide bonds. The second kappa shape index (κ2) is 11.9. The van der Waals surface area contributed by atoms with E-state index in [1.165, 1.54) is 9.21 Å². The van der Waals surface area contributed by atoms with Gasteiger partial charge in [-0.15, -0.1) is 0 Å². The number of carbonyl (C=O) groups is 2. The molecule has 0 aromatic heterocycles. The van der Waals surface area contributed by atoms with Crippen molar-refractivity contribution in [1.29, 1.82) is 0 Å². The van der Waals surface area contributed by atoms with Crippen LogP contribution in [-0.2, 0) is 26.2 Å². The quantitative estimate of drug-likeness (QED) is 0.534. The van der Waals surface area contributed by atoms with Crippen molar-refractivity contribution < 1.29 is 18.0 Å². The summed E-state index contributed by atoms with van der Waals surface area (Å²) in [5, 5.41) is 3.26. The normalized spacial score (nSPS) is 12.1. The van der Waals surface area contributed by atoms with Gasteiger partial charge in [-0.2, -0.15) is 0 Å². The van der Waals surface area contributed by atoms with Crippen LogP contribution in [0.25, 0.3) is 0 Å². The van der Waals surface area contributed by atoms with E-state index in [1.807, 2.05) is 25.1 Å². The summed E-state index contributed by atoms with van der Waals surface area (Å²) in [5.74, 6) is -0.500. The Morgan fingerprint density at radius 3 is 2.28 bits per heavy atom. The van der Waals surface area contributed by atoms with Gasteiger partial charge < -0.3 is 10.2 Å². The molecule has 0 radical (unpaired) electrons. The molecular formula is C23H30ClN3O4S. The lowest BCUT2D eigenvalue weighted by molar-refractivity contribution is -0.140. The number of carbonyl (C=O) groups excluding carboxylic acids is 2. The molecule has 0 fully saturated rings. The summed E-state index contributed by atoms with van der Waals surface area (Å²) in [6.45, 7) is 4.29. The van der Waals surface area contributed by atoms with Crippen molar-refractivity contribution in [2.45, 2.75) is 39.3 Å². The fourth-order valence-electron chi connectivity index (χ4n) is 3.31. The minimum atomic E-state index is -3.50. The van der Waals surface area contributed by atoms with Crippen molar-refractivity contribution in [1.82, 2.24) is 10.2 Å². The number of likely N-dealkylation sites (N-methyl/N-ethyl adjacent to an activating group) is 1. The molecule has 9 heteroatoms. The Morgan fingerprint density at radius 1 is 1.06 bits per heavy atom. The zero-order valence-corrected chi connectivity index (χ0v) is 20.2. The summed E-state index contributed by atoms with van der Waals surface area (Å²) in [4.78, 5) is 27.0. The lowest BCUT2D eigenvalue weighted by atomic mass is 10.1. The Labute approximate surface area is 195 Å². The number of rotatable bonds is 11. The first-order chi connectivity index (χ1) is 15.1. The van der Waals surface area contributed by atoms with Gasteiger partial charge in [0.1, 0.15) is 6.04 Å². The van der Waals surface area contributed by atoms with Crippen LogP contribution in [0.4, 0.5) is 5.69 Å². The number of benzene rings is 2. The number of amides is 2. The molecule has 7 nitrogen and oxygen atoms in total. The van der Waals surface area contributed by atoms with Crippen molar-refractivity contribution in [3.63, 3.8) is 0 Å². The molecule has 1 atom stereocenters. The third-order valence-corrected chi connectivity index (χ3v) is 6.58. The first-order valence-electron chi connectivity index (χ1n) is 10.5. The van der Waals surface area contributed by atoms with Gasteiger partial charge in [0.15, 0.2) is 0 Å². The van der Waals surface area contributed by atoms with Crippen LogP contribution in [0.15, 0.2) is 54.6 Å². The summed E-state index contributed by atoms with van der Waals surface area (Å²) in [7, 11) is -3.50. The van der Waals surface area contributed by atoms with Crippen molar-refractivity contribution in [3.05, 3.63) is 65.2 Å². The highest BCUT2D eigenvalue weighted by atomic mass is 35.5. The molecular weight excluding hydrogens is 450 g/mol. The van der Waals surface area contributed by atoms with Crippen molar-refractivity contribution in [2.75, 3.05) is 23.7 Å². The van der Waals surface area contributed by atoms with E-state index in [4.69, 9.17) is 11.6 Å². The smallest absolute Gasteiger partial charge is 0.242 e. The highest BCUT2D eigenvalue weighted by Crippen LogP contribution is 2.21. The lowest BCUT2D eigenvalue weighted by Crippen LogP contribution is -2.47. The number of nitrogens with one attached hydrogen (secondary N) is 1. The average Bonchev–Trinajstić information content (AvgIpc) is 2.75. The van der Waals surface area contributed by atoms with Crippen LogP contribution in [0.1, 0.15) is 32.3 Å². The summed E-state index contributed by atoms with van der Waals surface area (Å²) in [6.07, 6.45) is 1.54. The Kier molecular flexibility index (Phi) is 9.53. The SMILES string of the molecule is CCNC(=O)C(C)N(Cc1ccccc1Cl)C(=O)CCCN(c1ccccc1)S(C)(=O)=O. The largest absolute Gasteiger partial charge is 0.355 e. The van der Waals surface area contributed by atoms with E-state index in [2.05, 4.69) is 5.32 Å². The van der Waals surface area contributed by atoms with Crippen LogP contribution < -0.4 is 9.62 Å². The number of hydrogen-bond acceptors (Lipinski definition) is 4. The highest BCUT2D eigenvalue weighted by molar-refractivity contribution is 7.92. The minimum Gasteiger partial charge on any atom is -0.355 e. The van der Waals surface area contributed by atoms with Gasteiger partial charge in [-0.1, -0.05) is 48.0 Å². The van der Waals surface area contributed by atoms with E-state index >= 15 is 0 Å². The number of hydrogen-bond donors (Lipinski definition) is 1. The molecule has 0 aliphatic heterocycles. The van der Waals surface area contributed by atoms with Gasteiger partial charge in [0.2, 0.25) is 21.8 Å². The van der Waals surface area contributed by atoms with Crippen LogP contribution >= 0.6 is 11.6 Å². The summed E-state index contributed by atoms with van der Waals surface area (Å²) < 4.78 is 25.8. The zero-order valence-electron chi connectivity index (χ0n) is 18.6. The Bertz CT molecular complexity index is 1010. The van der Waals surface area contributed by atoms with Crippen LogP contribution in [0.2, 0.25) is 5.02 Å². The molecule has 2 aromatic rings. The van der Waals surface area contributed by atoms with Crippen molar-refractivity contribution >= 4 is 39.1 Å². The molecule has 32 heavy (non-hydrogen) atoms. The molecule has 0 aliphatic rings. The zero-order chi connectivity index (χ0) is 23.7.